The number of nitrogens with one attached hydrogen (secondary N) is 1. The zero-order valence-electron chi connectivity index (χ0n) is 14.5. The second-order valence-corrected chi connectivity index (χ2v) is 6.49. The zero-order valence-corrected chi connectivity index (χ0v) is 14.5. The molecule has 3 rings (SSSR count). The molecule has 0 saturated carbocycles. The minimum atomic E-state index is -0.614. The average molecular weight is 343 g/mol. The highest BCUT2D eigenvalue weighted by atomic mass is 16.5. The minimum absolute atomic E-state index is 0.192. The van der Waals surface area contributed by atoms with Crippen LogP contribution in [-0.4, -0.2) is 46.7 Å². The standard InChI is InChI=1S/C19H25N3O3/c1-14-18(13-21-22(14)16-7-9-25-10-8-16)19(24)20-12-17(23)11-15-5-3-2-4-6-15/h2-6,13,16-17,23H,7-12H2,1H3,(H,20,24). The van der Waals surface area contributed by atoms with Crippen LogP contribution in [0.4, 0.5) is 0 Å². The molecule has 2 N–H and O–H groups in total. The maximum absolute atomic E-state index is 12.4. The van der Waals surface area contributed by atoms with E-state index in [1.54, 1.807) is 6.20 Å². The molecule has 1 saturated heterocycles. The lowest BCUT2D eigenvalue weighted by molar-refractivity contribution is 0.0656. The van der Waals surface area contributed by atoms with E-state index in [1.165, 1.54) is 0 Å². The molecular formula is C19H25N3O3. The van der Waals surface area contributed by atoms with E-state index < -0.39 is 6.10 Å². The van der Waals surface area contributed by atoms with Crippen LogP contribution >= 0.6 is 0 Å². The Bertz CT molecular complexity index is 693. The van der Waals surface area contributed by atoms with Crippen molar-refractivity contribution in [3.8, 4) is 0 Å². The molecule has 1 unspecified atom stereocenters. The van der Waals surface area contributed by atoms with Crippen LogP contribution in [0.15, 0.2) is 36.5 Å². The maximum Gasteiger partial charge on any atom is 0.254 e. The van der Waals surface area contributed by atoms with Crippen LogP contribution in [-0.2, 0) is 11.2 Å². The number of nitrogens with zero attached hydrogens (tertiary/aromatic N) is 2. The van der Waals surface area contributed by atoms with Gasteiger partial charge in [-0.05, 0) is 25.3 Å². The first-order chi connectivity index (χ1) is 12.1. The highest BCUT2D eigenvalue weighted by Gasteiger charge is 2.22. The molecule has 134 valence electrons. The molecule has 2 aromatic rings. The number of hydrogen-bond donors (Lipinski definition) is 2. The van der Waals surface area contributed by atoms with Crippen molar-refractivity contribution in [2.24, 2.45) is 0 Å². The van der Waals surface area contributed by atoms with Crippen molar-refractivity contribution in [1.29, 1.82) is 0 Å². The van der Waals surface area contributed by atoms with Crippen molar-refractivity contribution in [2.45, 2.75) is 38.3 Å². The van der Waals surface area contributed by atoms with E-state index in [2.05, 4.69) is 10.4 Å². The molecule has 0 spiro atoms. The lowest BCUT2D eigenvalue weighted by Gasteiger charge is -2.23. The minimum Gasteiger partial charge on any atom is -0.391 e. The number of carbonyl (C=O) groups excluding carboxylic acids is 1. The van der Waals surface area contributed by atoms with Crippen LogP contribution in [0.1, 0.15) is 40.5 Å². The number of aliphatic hydroxyl groups is 1. The Morgan fingerprint density at radius 2 is 2.08 bits per heavy atom. The Hall–Kier alpha value is -2.18. The summed E-state index contributed by atoms with van der Waals surface area (Å²) >= 11 is 0. The largest absolute Gasteiger partial charge is 0.391 e. The summed E-state index contributed by atoms with van der Waals surface area (Å²) in [6, 6.07) is 10.0. The molecular weight excluding hydrogens is 318 g/mol. The zero-order chi connectivity index (χ0) is 17.6. The fourth-order valence-corrected chi connectivity index (χ4v) is 3.21. The molecule has 2 heterocycles. The monoisotopic (exact) mass is 343 g/mol. The van der Waals surface area contributed by atoms with E-state index in [4.69, 9.17) is 4.74 Å². The number of benzene rings is 1. The number of rotatable bonds is 6. The third kappa shape index (κ3) is 4.46. The summed E-state index contributed by atoms with van der Waals surface area (Å²) in [5.41, 5.74) is 2.48. The summed E-state index contributed by atoms with van der Waals surface area (Å²) in [6.45, 7) is 3.60. The second kappa shape index (κ2) is 8.27. The van der Waals surface area contributed by atoms with E-state index in [0.717, 1.165) is 37.3 Å². The molecule has 1 aliphatic rings. The van der Waals surface area contributed by atoms with E-state index in [-0.39, 0.29) is 12.5 Å². The Morgan fingerprint density at radius 3 is 2.80 bits per heavy atom. The van der Waals surface area contributed by atoms with Crippen LogP contribution in [0.2, 0.25) is 0 Å². The molecule has 6 nitrogen and oxygen atoms in total. The van der Waals surface area contributed by atoms with Crippen molar-refractivity contribution >= 4 is 5.91 Å². The molecule has 0 aliphatic carbocycles. The van der Waals surface area contributed by atoms with Gasteiger partial charge in [0.25, 0.3) is 5.91 Å². The number of aliphatic hydroxyl groups excluding tert-OH is 1. The van der Waals surface area contributed by atoms with Gasteiger partial charge in [0, 0.05) is 31.9 Å². The number of amides is 1. The van der Waals surface area contributed by atoms with Crippen LogP contribution in [0.3, 0.4) is 0 Å². The van der Waals surface area contributed by atoms with E-state index in [1.807, 2.05) is 41.9 Å². The molecule has 1 fully saturated rings. The first-order valence-corrected chi connectivity index (χ1v) is 8.77. The van der Waals surface area contributed by atoms with Crippen molar-refractivity contribution < 1.29 is 14.6 Å². The van der Waals surface area contributed by atoms with Crippen molar-refractivity contribution in [1.82, 2.24) is 15.1 Å². The highest BCUT2D eigenvalue weighted by molar-refractivity contribution is 5.95. The van der Waals surface area contributed by atoms with E-state index >= 15 is 0 Å². The highest BCUT2D eigenvalue weighted by Crippen LogP contribution is 2.23. The van der Waals surface area contributed by atoms with Crippen molar-refractivity contribution in [3.05, 3.63) is 53.3 Å². The third-order valence-electron chi connectivity index (χ3n) is 4.64. The number of carbonyl (C=O) groups is 1. The molecule has 1 aliphatic heterocycles. The van der Waals surface area contributed by atoms with Crippen LogP contribution < -0.4 is 5.32 Å². The Kier molecular flexibility index (Phi) is 5.83. The third-order valence-corrected chi connectivity index (χ3v) is 4.64. The second-order valence-electron chi connectivity index (χ2n) is 6.49. The molecule has 25 heavy (non-hydrogen) atoms. The van der Waals surface area contributed by atoms with Gasteiger partial charge in [-0.25, -0.2) is 0 Å². The summed E-state index contributed by atoms with van der Waals surface area (Å²) in [4.78, 5) is 12.4. The van der Waals surface area contributed by atoms with Gasteiger partial charge in [0.05, 0.1) is 23.9 Å². The van der Waals surface area contributed by atoms with Gasteiger partial charge < -0.3 is 15.2 Å². The Labute approximate surface area is 147 Å². The van der Waals surface area contributed by atoms with Gasteiger partial charge in [-0.15, -0.1) is 0 Å². The first-order valence-electron chi connectivity index (χ1n) is 8.77. The number of hydrogen-bond acceptors (Lipinski definition) is 4. The molecule has 1 atom stereocenters. The molecule has 0 bridgehead atoms. The van der Waals surface area contributed by atoms with Crippen LogP contribution in [0, 0.1) is 6.92 Å². The van der Waals surface area contributed by atoms with Crippen LogP contribution in [0.5, 0.6) is 0 Å². The molecule has 1 aromatic carbocycles. The molecule has 1 amide bonds. The lowest BCUT2D eigenvalue weighted by Crippen LogP contribution is -2.33. The van der Waals surface area contributed by atoms with Crippen molar-refractivity contribution in [2.75, 3.05) is 19.8 Å². The maximum atomic E-state index is 12.4. The fourth-order valence-electron chi connectivity index (χ4n) is 3.21. The Morgan fingerprint density at radius 1 is 1.36 bits per heavy atom. The normalized spacial score (nSPS) is 16.6. The van der Waals surface area contributed by atoms with E-state index in [9.17, 15) is 9.90 Å². The predicted octanol–water partition coefficient (Wildman–Crippen LogP) is 1.88. The summed E-state index contributed by atoms with van der Waals surface area (Å²) < 4.78 is 7.31. The van der Waals surface area contributed by atoms with Crippen LogP contribution in [0.25, 0.3) is 0 Å². The lowest BCUT2D eigenvalue weighted by atomic mass is 10.1. The van der Waals surface area contributed by atoms with Gasteiger partial charge in [0.1, 0.15) is 0 Å². The van der Waals surface area contributed by atoms with Gasteiger partial charge in [0.2, 0.25) is 0 Å². The molecule has 0 radical (unpaired) electrons. The quantitative estimate of drug-likeness (QED) is 0.840. The summed E-state index contributed by atoms with van der Waals surface area (Å²) in [7, 11) is 0. The average Bonchev–Trinajstić information content (AvgIpc) is 3.03. The first kappa shape index (κ1) is 17.6. The van der Waals surface area contributed by atoms with Gasteiger partial charge >= 0.3 is 0 Å². The number of aromatic nitrogens is 2. The molecule has 6 heteroatoms. The van der Waals surface area contributed by atoms with Gasteiger partial charge in [-0.2, -0.15) is 5.10 Å². The number of ether oxygens (including phenoxy) is 1. The summed E-state index contributed by atoms with van der Waals surface area (Å²) in [5.74, 6) is -0.192. The van der Waals surface area contributed by atoms with Gasteiger partial charge in [-0.1, -0.05) is 30.3 Å². The van der Waals surface area contributed by atoms with E-state index in [0.29, 0.717) is 18.0 Å². The summed E-state index contributed by atoms with van der Waals surface area (Å²) in [6.07, 6.45) is 3.35. The smallest absolute Gasteiger partial charge is 0.254 e. The predicted molar refractivity (Wildman–Crippen MR) is 94.5 cm³/mol. The van der Waals surface area contributed by atoms with Gasteiger partial charge in [0.15, 0.2) is 0 Å². The fraction of sp³-hybridized carbons (Fsp3) is 0.474. The SMILES string of the molecule is Cc1c(C(=O)NCC(O)Cc2ccccc2)cnn1C1CCOCC1. The van der Waals surface area contributed by atoms with Gasteiger partial charge in [-0.3, -0.25) is 9.48 Å². The molecule has 1 aromatic heterocycles. The van der Waals surface area contributed by atoms with Crippen molar-refractivity contribution in [3.63, 3.8) is 0 Å². The topological polar surface area (TPSA) is 76.4 Å². The summed E-state index contributed by atoms with van der Waals surface area (Å²) in [5, 5.41) is 17.3. The Balaban J connectivity index is 1.55.